The van der Waals surface area contributed by atoms with Crippen molar-refractivity contribution in [3.8, 4) is 0 Å². The van der Waals surface area contributed by atoms with Gasteiger partial charge in [-0.15, -0.1) is 11.3 Å². The number of aromatic nitrogens is 2. The van der Waals surface area contributed by atoms with E-state index in [-0.39, 0.29) is 4.21 Å². The predicted molar refractivity (Wildman–Crippen MR) is 66.8 cm³/mol. The van der Waals surface area contributed by atoms with Gasteiger partial charge in [-0.25, -0.2) is 13.1 Å². The van der Waals surface area contributed by atoms with Gasteiger partial charge in [0, 0.05) is 24.9 Å². The average molecular weight is 292 g/mol. The van der Waals surface area contributed by atoms with E-state index in [9.17, 15) is 8.42 Å². The van der Waals surface area contributed by atoms with Gasteiger partial charge in [-0.3, -0.25) is 5.10 Å². The molecule has 0 aromatic carbocycles. The van der Waals surface area contributed by atoms with Crippen molar-refractivity contribution < 1.29 is 8.42 Å². The minimum Gasteiger partial charge on any atom is -0.283 e. The maximum atomic E-state index is 11.8. The number of nitrogens with zero attached hydrogens (tertiary/aromatic N) is 1. The zero-order valence-electron chi connectivity index (χ0n) is 8.68. The van der Waals surface area contributed by atoms with Crippen LogP contribution in [0.5, 0.6) is 0 Å². The molecule has 17 heavy (non-hydrogen) atoms. The van der Waals surface area contributed by atoms with Gasteiger partial charge in [-0.2, -0.15) is 5.10 Å². The lowest BCUT2D eigenvalue weighted by atomic mass is 10.3. The summed E-state index contributed by atoms with van der Waals surface area (Å²) in [6, 6.07) is 4.86. The Bertz CT molecular complexity index is 577. The van der Waals surface area contributed by atoms with E-state index in [4.69, 9.17) is 11.6 Å². The van der Waals surface area contributed by atoms with Crippen molar-refractivity contribution in [2.45, 2.75) is 10.6 Å². The molecule has 2 aromatic rings. The van der Waals surface area contributed by atoms with Gasteiger partial charge in [0.2, 0.25) is 10.0 Å². The Hall–Kier alpha value is -0.890. The molecule has 0 amide bonds. The van der Waals surface area contributed by atoms with E-state index in [1.54, 1.807) is 18.3 Å². The Morgan fingerprint density at radius 2 is 2.24 bits per heavy atom. The lowest BCUT2D eigenvalue weighted by molar-refractivity contribution is 0.583. The van der Waals surface area contributed by atoms with Crippen molar-refractivity contribution in [2.75, 3.05) is 6.54 Å². The third kappa shape index (κ3) is 3.29. The molecule has 0 bridgehead atoms. The molecule has 8 heteroatoms. The molecule has 0 radical (unpaired) electrons. The number of aromatic amines is 1. The number of sulfonamides is 1. The van der Waals surface area contributed by atoms with Gasteiger partial charge in [-0.05, 0) is 18.2 Å². The lowest BCUT2D eigenvalue weighted by Gasteiger charge is -2.03. The summed E-state index contributed by atoms with van der Waals surface area (Å²) in [4.78, 5) is 0. The molecule has 2 aromatic heterocycles. The highest BCUT2D eigenvalue weighted by Gasteiger charge is 2.15. The highest BCUT2D eigenvalue weighted by molar-refractivity contribution is 7.91. The molecule has 0 saturated heterocycles. The van der Waals surface area contributed by atoms with Crippen LogP contribution >= 0.6 is 22.9 Å². The van der Waals surface area contributed by atoms with Crippen LogP contribution in [0.4, 0.5) is 0 Å². The quantitative estimate of drug-likeness (QED) is 0.879. The fraction of sp³-hybridized carbons (Fsp3) is 0.222. The molecule has 2 N–H and O–H groups in total. The van der Waals surface area contributed by atoms with Crippen LogP contribution in [0.2, 0.25) is 4.34 Å². The van der Waals surface area contributed by atoms with Crippen LogP contribution in [-0.4, -0.2) is 25.2 Å². The van der Waals surface area contributed by atoms with E-state index in [2.05, 4.69) is 14.9 Å². The highest BCUT2D eigenvalue weighted by atomic mass is 35.5. The summed E-state index contributed by atoms with van der Waals surface area (Å²) in [5.41, 5.74) is 0.886. The van der Waals surface area contributed by atoms with Crippen LogP contribution in [0.25, 0.3) is 0 Å². The molecule has 0 atom stereocenters. The number of hydrogen-bond donors (Lipinski definition) is 2. The van der Waals surface area contributed by atoms with Gasteiger partial charge >= 0.3 is 0 Å². The van der Waals surface area contributed by atoms with E-state index in [1.807, 2.05) is 0 Å². The van der Waals surface area contributed by atoms with Crippen LogP contribution in [0, 0.1) is 0 Å². The average Bonchev–Trinajstić information content (AvgIpc) is 2.89. The normalized spacial score (nSPS) is 11.8. The van der Waals surface area contributed by atoms with Gasteiger partial charge in [0.05, 0.1) is 4.34 Å². The third-order valence-corrected chi connectivity index (χ3v) is 5.24. The molecule has 0 aliphatic heterocycles. The van der Waals surface area contributed by atoms with E-state index in [1.165, 1.54) is 6.07 Å². The summed E-state index contributed by atoms with van der Waals surface area (Å²) < 4.78 is 26.8. The third-order valence-electron chi connectivity index (χ3n) is 2.06. The van der Waals surface area contributed by atoms with Crippen LogP contribution in [0.15, 0.2) is 28.6 Å². The van der Waals surface area contributed by atoms with Crippen LogP contribution in [0.1, 0.15) is 5.69 Å². The second-order valence-corrected chi connectivity index (χ2v) is 7.00. The van der Waals surface area contributed by atoms with Gasteiger partial charge < -0.3 is 0 Å². The van der Waals surface area contributed by atoms with E-state index < -0.39 is 10.0 Å². The first kappa shape index (κ1) is 12.6. The predicted octanol–water partition coefficient (Wildman–Crippen LogP) is 1.65. The van der Waals surface area contributed by atoms with Crippen LogP contribution < -0.4 is 4.72 Å². The monoisotopic (exact) mass is 291 g/mol. The Balaban J connectivity index is 1.94. The summed E-state index contributed by atoms with van der Waals surface area (Å²) in [6.45, 7) is 0.319. The first-order valence-electron chi connectivity index (χ1n) is 4.81. The van der Waals surface area contributed by atoms with Crippen molar-refractivity contribution in [1.29, 1.82) is 0 Å². The molecular weight excluding hydrogens is 282 g/mol. The lowest BCUT2D eigenvalue weighted by Crippen LogP contribution is -2.25. The van der Waals surface area contributed by atoms with Crippen LogP contribution in [-0.2, 0) is 16.4 Å². The van der Waals surface area contributed by atoms with E-state index in [0.717, 1.165) is 17.0 Å². The summed E-state index contributed by atoms with van der Waals surface area (Å²) in [5.74, 6) is 0. The summed E-state index contributed by atoms with van der Waals surface area (Å²) in [6.07, 6.45) is 2.20. The molecule has 0 fully saturated rings. The number of nitrogens with one attached hydrogen (secondary N) is 2. The molecule has 0 saturated carbocycles. The Morgan fingerprint density at radius 3 is 2.82 bits per heavy atom. The first-order chi connectivity index (χ1) is 8.08. The van der Waals surface area contributed by atoms with Crippen molar-refractivity contribution in [1.82, 2.24) is 14.9 Å². The molecule has 0 unspecified atom stereocenters. The molecule has 2 heterocycles. The van der Waals surface area contributed by atoms with Crippen molar-refractivity contribution in [3.05, 3.63) is 34.4 Å². The molecule has 5 nitrogen and oxygen atoms in total. The zero-order valence-corrected chi connectivity index (χ0v) is 11.1. The minimum absolute atomic E-state index is 0.229. The molecule has 0 aliphatic rings. The summed E-state index contributed by atoms with van der Waals surface area (Å²) in [5, 5.41) is 6.55. The fourth-order valence-electron chi connectivity index (χ4n) is 1.26. The highest BCUT2D eigenvalue weighted by Crippen LogP contribution is 2.25. The fourth-order valence-corrected chi connectivity index (χ4v) is 3.82. The maximum absolute atomic E-state index is 11.8. The number of rotatable bonds is 5. The smallest absolute Gasteiger partial charge is 0.250 e. The minimum atomic E-state index is -3.44. The zero-order chi connectivity index (χ0) is 12.3. The van der Waals surface area contributed by atoms with Gasteiger partial charge in [0.25, 0.3) is 0 Å². The van der Waals surface area contributed by atoms with Gasteiger partial charge in [0.1, 0.15) is 4.21 Å². The van der Waals surface area contributed by atoms with Crippen LogP contribution in [0.3, 0.4) is 0 Å². The van der Waals surface area contributed by atoms with Crippen molar-refractivity contribution in [2.24, 2.45) is 0 Å². The Labute approximate surface area is 108 Å². The standard InChI is InChI=1S/C9H10ClN3O2S2/c10-8-1-2-9(16-8)17(14,15)12-6-4-7-3-5-11-13-7/h1-3,5,12H,4,6H2,(H,11,13). The first-order valence-corrected chi connectivity index (χ1v) is 7.49. The maximum Gasteiger partial charge on any atom is 0.250 e. The van der Waals surface area contributed by atoms with Gasteiger partial charge in [0.15, 0.2) is 0 Å². The Kier molecular flexibility index (Phi) is 3.82. The van der Waals surface area contributed by atoms with Gasteiger partial charge in [-0.1, -0.05) is 11.6 Å². The number of H-pyrrole nitrogens is 1. The number of hydrogen-bond acceptors (Lipinski definition) is 4. The number of thiophene rings is 1. The number of halogens is 1. The Morgan fingerprint density at radius 1 is 1.41 bits per heavy atom. The van der Waals surface area contributed by atoms with Crippen molar-refractivity contribution >= 4 is 33.0 Å². The second kappa shape index (κ2) is 5.18. The molecule has 0 aliphatic carbocycles. The van der Waals surface area contributed by atoms with Crippen molar-refractivity contribution in [3.63, 3.8) is 0 Å². The van der Waals surface area contributed by atoms with E-state index >= 15 is 0 Å². The largest absolute Gasteiger partial charge is 0.283 e. The molecule has 2 rings (SSSR count). The second-order valence-electron chi connectivity index (χ2n) is 3.29. The summed E-state index contributed by atoms with van der Waals surface area (Å²) >= 11 is 6.73. The molecule has 0 spiro atoms. The topological polar surface area (TPSA) is 74.8 Å². The van der Waals surface area contributed by atoms with E-state index in [0.29, 0.717) is 17.3 Å². The summed E-state index contributed by atoms with van der Waals surface area (Å²) in [7, 11) is -3.44. The SMILES string of the molecule is O=S(=O)(NCCc1ccn[nH]1)c1ccc(Cl)s1. The molecule has 92 valence electrons. The molecular formula is C9H10ClN3O2S2.